The minimum Gasteiger partial charge on any atom is -0.360 e. The molecule has 0 aliphatic heterocycles. The topological polar surface area (TPSA) is 126 Å². The van der Waals surface area contributed by atoms with Gasteiger partial charge in [-0.1, -0.05) is 53.8 Å². The van der Waals surface area contributed by atoms with Gasteiger partial charge >= 0.3 is 0 Å². The van der Waals surface area contributed by atoms with Crippen LogP contribution in [0, 0.1) is 0 Å². The van der Waals surface area contributed by atoms with E-state index in [1.54, 1.807) is 66.7 Å². The summed E-state index contributed by atoms with van der Waals surface area (Å²) >= 11 is 1.34. The Morgan fingerprint density at radius 3 is 2.00 bits per heavy atom. The largest absolute Gasteiger partial charge is 0.360 e. The molecule has 0 aliphatic rings. The molecular weight excluding hydrogens is 482 g/mol. The molecule has 33 heavy (non-hydrogen) atoms. The van der Waals surface area contributed by atoms with Crippen LogP contribution in [0.25, 0.3) is 10.6 Å². The van der Waals surface area contributed by atoms with Crippen LogP contribution in [0.15, 0.2) is 93.5 Å². The highest BCUT2D eigenvalue weighted by molar-refractivity contribution is 7.91. The van der Waals surface area contributed by atoms with Crippen molar-refractivity contribution < 1.29 is 21.4 Å². The molecule has 0 radical (unpaired) electrons. The molecule has 0 amide bonds. The number of benzene rings is 3. The number of anilines is 1. The van der Waals surface area contributed by atoms with Crippen LogP contribution in [-0.2, 0) is 26.4 Å². The second-order valence-electron chi connectivity index (χ2n) is 7.05. The summed E-state index contributed by atoms with van der Waals surface area (Å²) in [6, 6.07) is 20.8. The van der Waals surface area contributed by atoms with Crippen molar-refractivity contribution in [3.8, 4) is 10.6 Å². The van der Waals surface area contributed by atoms with Gasteiger partial charge < -0.3 is 5.32 Å². The minimum absolute atomic E-state index is 0.143. The lowest BCUT2D eigenvalue weighted by Crippen LogP contribution is -2.05. The van der Waals surface area contributed by atoms with Gasteiger partial charge in [0.05, 0.1) is 14.7 Å². The van der Waals surface area contributed by atoms with Gasteiger partial charge in [0.25, 0.3) is 10.1 Å². The Balaban J connectivity index is 1.38. The Morgan fingerprint density at radius 2 is 1.36 bits per heavy atom. The smallest absolute Gasteiger partial charge is 0.294 e. The number of rotatable bonds is 8. The van der Waals surface area contributed by atoms with E-state index in [4.69, 9.17) is 4.55 Å². The van der Waals surface area contributed by atoms with E-state index in [1.165, 1.54) is 23.5 Å². The normalized spacial score (nSPS) is 11.9. The zero-order valence-electron chi connectivity index (χ0n) is 17.1. The highest BCUT2D eigenvalue weighted by atomic mass is 32.2. The third kappa shape index (κ3) is 5.45. The monoisotopic (exact) mass is 501 g/mol. The molecule has 1 aromatic heterocycles. The zero-order valence-corrected chi connectivity index (χ0v) is 19.6. The van der Waals surface area contributed by atoms with Crippen LogP contribution in [0.5, 0.6) is 0 Å². The van der Waals surface area contributed by atoms with E-state index in [1.807, 2.05) is 0 Å². The van der Waals surface area contributed by atoms with Crippen molar-refractivity contribution in [1.82, 2.24) is 10.2 Å². The fourth-order valence-corrected chi connectivity index (χ4v) is 5.60. The van der Waals surface area contributed by atoms with Crippen LogP contribution in [0.4, 0.5) is 5.13 Å². The number of hydrogen-bond acceptors (Lipinski definition) is 8. The molecule has 2 N–H and O–H groups in total. The van der Waals surface area contributed by atoms with Gasteiger partial charge in [-0.15, -0.1) is 10.2 Å². The molecule has 0 saturated carbocycles. The van der Waals surface area contributed by atoms with E-state index in [9.17, 15) is 16.8 Å². The summed E-state index contributed by atoms with van der Waals surface area (Å²) in [4.78, 5) is 0.309. The molecule has 0 unspecified atom stereocenters. The van der Waals surface area contributed by atoms with Crippen molar-refractivity contribution in [2.24, 2.45) is 0 Å². The highest BCUT2D eigenvalue weighted by Crippen LogP contribution is 2.28. The fraction of sp³-hybridized carbons (Fsp3) is 0.0909. The van der Waals surface area contributed by atoms with Crippen molar-refractivity contribution in [2.75, 3.05) is 11.9 Å². The summed E-state index contributed by atoms with van der Waals surface area (Å²) in [7, 11) is -7.77. The molecule has 3 aromatic carbocycles. The third-order valence-corrected chi connectivity index (χ3v) is 8.38. The van der Waals surface area contributed by atoms with Crippen molar-refractivity contribution >= 4 is 36.4 Å². The average Bonchev–Trinajstić information content (AvgIpc) is 3.28. The predicted molar refractivity (Wildman–Crippen MR) is 126 cm³/mol. The first-order chi connectivity index (χ1) is 15.7. The van der Waals surface area contributed by atoms with E-state index in [0.717, 1.165) is 11.1 Å². The van der Waals surface area contributed by atoms with Crippen LogP contribution in [0.3, 0.4) is 0 Å². The summed E-state index contributed by atoms with van der Waals surface area (Å²) in [5.41, 5.74) is 1.66. The predicted octanol–water partition coefficient (Wildman–Crippen LogP) is 3.94. The molecule has 11 heteroatoms. The van der Waals surface area contributed by atoms with Gasteiger partial charge in [-0.25, -0.2) is 8.42 Å². The fourth-order valence-electron chi connectivity index (χ4n) is 3.07. The van der Waals surface area contributed by atoms with Crippen molar-refractivity contribution in [2.45, 2.75) is 21.1 Å². The molecule has 8 nitrogen and oxygen atoms in total. The third-order valence-electron chi connectivity index (χ3n) is 4.80. The molecule has 0 atom stereocenters. The zero-order chi connectivity index (χ0) is 23.5. The standard InChI is InChI=1S/C22H19N3O5S3/c26-32(27,18-4-2-1-3-5-18)19-12-8-17(9-13-19)21-24-25-22(31-21)23-15-14-16-6-10-20(11-7-16)33(28,29)30/h1-13H,14-15H2,(H,23,25)(H,28,29,30). The lowest BCUT2D eigenvalue weighted by molar-refractivity contribution is 0.483. The van der Waals surface area contributed by atoms with Crippen molar-refractivity contribution in [3.63, 3.8) is 0 Å². The number of nitrogens with one attached hydrogen (secondary N) is 1. The van der Waals surface area contributed by atoms with Gasteiger partial charge in [0.15, 0.2) is 0 Å². The van der Waals surface area contributed by atoms with E-state index < -0.39 is 20.0 Å². The van der Waals surface area contributed by atoms with E-state index in [0.29, 0.717) is 23.1 Å². The van der Waals surface area contributed by atoms with Crippen molar-refractivity contribution in [3.05, 3.63) is 84.4 Å². The van der Waals surface area contributed by atoms with E-state index in [-0.39, 0.29) is 14.7 Å². The Bertz CT molecular complexity index is 1450. The average molecular weight is 502 g/mol. The first kappa shape index (κ1) is 23.1. The molecule has 4 aromatic rings. The second kappa shape index (κ2) is 9.40. The first-order valence-corrected chi connectivity index (χ1v) is 13.5. The quantitative estimate of drug-likeness (QED) is 0.348. The number of aromatic nitrogens is 2. The molecular formula is C22H19N3O5S3. The van der Waals surface area contributed by atoms with E-state index in [2.05, 4.69) is 15.5 Å². The lowest BCUT2D eigenvalue weighted by Gasteiger charge is -2.05. The minimum atomic E-state index is -4.20. The Hall–Kier alpha value is -3.12. The maximum Gasteiger partial charge on any atom is 0.294 e. The molecule has 0 fully saturated rings. The number of sulfone groups is 1. The SMILES string of the molecule is O=S(=O)(O)c1ccc(CCNc2nnc(-c3ccc(S(=O)(=O)c4ccccc4)cc3)s2)cc1. The number of nitrogens with zero attached hydrogens (tertiary/aromatic N) is 2. The van der Waals surface area contributed by atoms with Gasteiger partial charge in [0, 0.05) is 12.1 Å². The Kier molecular flexibility index (Phi) is 6.56. The lowest BCUT2D eigenvalue weighted by atomic mass is 10.1. The summed E-state index contributed by atoms with van der Waals surface area (Å²) in [6.45, 7) is 0.550. The number of hydrogen-bond donors (Lipinski definition) is 2. The Morgan fingerprint density at radius 1 is 0.758 bits per heavy atom. The van der Waals surface area contributed by atoms with Gasteiger partial charge in [-0.05, 0) is 48.4 Å². The van der Waals surface area contributed by atoms with Crippen LogP contribution in [-0.4, -0.2) is 38.1 Å². The molecule has 1 heterocycles. The second-order valence-corrected chi connectivity index (χ2v) is 11.4. The van der Waals surface area contributed by atoms with Crippen LogP contribution in [0.2, 0.25) is 0 Å². The van der Waals surface area contributed by atoms with Gasteiger partial charge in [0.1, 0.15) is 5.01 Å². The summed E-state index contributed by atoms with van der Waals surface area (Å²) in [6.07, 6.45) is 0.618. The molecule has 0 aliphatic carbocycles. The highest BCUT2D eigenvalue weighted by Gasteiger charge is 2.17. The summed E-state index contributed by atoms with van der Waals surface area (Å²) in [5, 5.41) is 12.7. The molecule has 0 spiro atoms. The Labute approximate surface area is 195 Å². The van der Waals surface area contributed by atoms with Gasteiger partial charge in [-0.2, -0.15) is 8.42 Å². The molecule has 4 rings (SSSR count). The van der Waals surface area contributed by atoms with Crippen molar-refractivity contribution in [1.29, 1.82) is 0 Å². The van der Waals surface area contributed by atoms with Crippen LogP contribution >= 0.6 is 11.3 Å². The first-order valence-electron chi connectivity index (χ1n) is 9.78. The molecule has 170 valence electrons. The van der Waals surface area contributed by atoms with Gasteiger partial charge in [0.2, 0.25) is 15.0 Å². The summed E-state index contributed by atoms with van der Waals surface area (Å²) in [5.74, 6) is 0. The molecule has 0 bridgehead atoms. The maximum absolute atomic E-state index is 12.7. The van der Waals surface area contributed by atoms with Crippen LogP contribution in [0.1, 0.15) is 5.56 Å². The maximum atomic E-state index is 12.7. The molecule has 0 saturated heterocycles. The van der Waals surface area contributed by atoms with Gasteiger partial charge in [-0.3, -0.25) is 4.55 Å². The van der Waals surface area contributed by atoms with Crippen LogP contribution < -0.4 is 5.32 Å². The summed E-state index contributed by atoms with van der Waals surface area (Å²) < 4.78 is 56.6. The van der Waals surface area contributed by atoms with E-state index >= 15 is 0 Å².